The molecule has 22 heavy (non-hydrogen) atoms. The smallest absolute Gasteiger partial charge is 0.337 e. The summed E-state index contributed by atoms with van der Waals surface area (Å²) in [5, 5.41) is 12.2. The molecule has 116 valence electrons. The van der Waals surface area contributed by atoms with E-state index in [1.165, 1.54) is 17.8 Å². The van der Waals surface area contributed by atoms with Gasteiger partial charge in [0.2, 0.25) is 5.91 Å². The van der Waals surface area contributed by atoms with Crippen molar-refractivity contribution in [3.63, 3.8) is 0 Å². The standard InChI is InChI=1S/C15H17N3O3S/c1-3-12(22-15-16-8-9-18(15)2)13(19)17-11-7-5-4-6-10(11)14(20)21/h4-9,12H,3H2,1-2H3,(H,17,19)(H,20,21). The average molecular weight is 319 g/mol. The van der Waals surface area contributed by atoms with Crippen molar-refractivity contribution in [1.82, 2.24) is 9.55 Å². The molecule has 0 aliphatic rings. The fraction of sp³-hybridized carbons (Fsp3) is 0.267. The molecular formula is C15H17N3O3S. The number of benzene rings is 1. The van der Waals surface area contributed by atoms with E-state index in [-0.39, 0.29) is 16.7 Å². The molecule has 0 saturated heterocycles. The van der Waals surface area contributed by atoms with Crippen LogP contribution in [0.4, 0.5) is 5.69 Å². The average Bonchev–Trinajstić information content (AvgIpc) is 2.90. The number of rotatable bonds is 6. The van der Waals surface area contributed by atoms with E-state index in [0.717, 1.165) is 5.16 Å². The number of hydrogen-bond acceptors (Lipinski definition) is 4. The molecule has 1 aromatic heterocycles. The maximum atomic E-state index is 12.4. The second-order valence-corrected chi connectivity index (χ2v) is 5.85. The first kappa shape index (κ1) is 16.1. The fourth-order valence-corrected chi connectivity index (χ4v) is 2.84. The molecule has 2 N–H and O–H groups in total. The highest BCUT2D eigenvalue weighted by molar-refractivity contribution is 8.00. The largest absolute Gasteiger partial charge is 0.478 e. The molecule has 1 unspecified atom stereocenters. The first-order chi connectivity index (χ1) is 10.5. The molecule has 1 aromatic carbocycles. The van der Waals surface area contributed by atoms with Gasteiger partial charge in [0.15, 0.2) is 5.16 Å². The number of anilines is 1. The van der Waals surface area contributed by atoms with Crippen LogP contribution in [0.25, 0.3) is 0 Å². The first-order valence-electron chi connectivity index (χ1n) is 6.80. The minimum absolute atomic E-state index is 0.0766. The predicted molar refractivity (Wildman–Crippen MR) is 85.2 cm³/mol. The van der Waals surface area contributed by atoms with Crippen molar-refractivity contribution < 1.29 is 14.7 Å². The fourth-order valence-electron chi connectivity index (χ4n) is 1.91. The van der Waals surface area contributed by atoms with Crippen LogP contribution in [-0.4, -0.2) is 31.8 Å². The molecule has 7 heteroatoms. The van der Waals surface area contributed by atoms with Gasteiger partial charge in [-0.1, -0.05) is 30.8 Å². The van der Waals surface area contributed by atoms with Crippen LogP contribution in [0.5, 0.6) is 0 Å². The SMILES string of the molecule is CCC(Sc1nccn1C)C(=O)Nc1ccccc1C(=O)O. The van der Waals surface area contributed by atoms with E-state index in [1.807, 2.05) is 24.7 Å². The van der Waals surface area contributed by atoms with Gasteiger partial charge in [-0.05, 0) is 18.6 Å². The summed E-state index contributed by atoms with van der Waals surface area (Å²) in [5.41, 5.74) is 0.381. The van der Waals surface area contributed by atoms with Crippen molar-refractivity contribution in [2.75, 3.05) is 5.32 Å². The lowest BCUT2D eigenvalue weighted by molar-refractivity contribution is -0.115. The Morgan fingerprint density at radius 3 is 2.73 bits per heavy atom. The molecule has 1 heterocycles. The summed E-state index contributed by atoms with van der Waals surface area (Å²) >= 11 is 1.36. The summed E-state index contributed by atoms with van der Waals surface area (Å²) in [7, 11) is 1.86. The molecule has 0 saturated carbocycles. The molecule has 1 amide bonds. The Labute approximate surface area is 132 Å². The summed E-state index contributed by atoms with van der Waals surface area (Å²) < 4.78 is 1.84. The summed E-state index contributed by atoms with van der Waals surface area (Å²) in [5.74, 6) is -1.30. The Morgan fingerprint density at radius 1 is 1.41 bits per heavy atom. The van der Waals surface area contributed by atoms with E-state index in [0.29, 0.717) is 12.1 Å². The number of para-hydroxylation sites is 1. The Bertz CT molecular complexity index is 684. The van der Waals surface area contributed by atoms with Crippen LogP contribution in [0.1, 0.15) is 23.7 Å². The maximum absolute atomic E-state index is 12.4. The molecular weight excluding hydrogens is 302 g/mol. The first-order valence-corrected chi connectivity index (χ1v) is 7.68. The lowest BCUT2D eigenvalue weighted by atomic mass is 10.1. The summed E-state index contributed by atoms with van der Waals surface area (Å²) in [6.07, 6.45) is 4.10. The topological polar surface area (TPSA) is 84.2 Å². The normalized spacial score (nSPS) is 11.9. The van der Waals surface area contributed by atoms with Crippen molar-refractivity contribution in [1.29, 1.82) is 0 Å². The van der Waals surface area contributed by atoms with Gasteiger partial charge in [0.25, 0.3) is 0 Å². The van der Waals surface area contributed by atoms with Crippen molar-refractivity contribution in [3.05, 3.63) is 42.2 Å². The zero-order chi connectivity index (χ0) is 16.1. The van der Waals surface area contributed by atoms with Crippen LogP contribution in [0.2, 0.25) is 0 Å². The van der Waals surface area contributed by atoms with E-state index in [4.69, 9.17) is 5.11 Å². The van der Waals surface area contributed by atoms with Crippen molar-refractivity contribution in [3.8, 4) is 0 Å². The van der Waals surface area contributed by atoms with Gasteiger partial charge in [-0.25, -0.2) is 9.78 Å². The van der Waals surface area contributed by atoms with Crippen molar-refractivity contribution >= 4 is 29.3 Å². The lowest BCUT2D eigenvalue weighted by Crippen LogP contribution is -2.26. The van der Waals surface area contributed by atoms with Crippen LogP contribution in [0.15, 0.2) is 41.8 Å². The van der Waals surface area contributed by atoms with Gasteiger partial charge in [0, 0.05) is 19.4 Å². The highest BCUT2D eigenvalue weighted by atomic mass is 32.2. The zero-order valence-corrected chi connectivity index (χ0v) is 13.1. The van der Waals surface area contributed by atoms with Gasteiger partial charge in [0.1, 0.15) is 0 Å². The molecule has 0 radical (unpaired) electrons. The molecule has 0 bridgehead atoms. The third kappa shape index (κ3) is 3.67. The van der Waals surface area contributed by atoms with Crippen LogP contribution >= 0.6 is 11.8 Å². The molecule has 2 rings (SSSR count). The van der Waals surface area contributed by atoms with E-state index in [1.54, 1.807) is 24.4 Å². The molecule has 0 fully saturated rings. The number of amides is 1. The van der Waals surface area contributed by atoms with Crippen LogP contribution in [0.3, 0.4) is 0 Å². The molecule has 2 aromatic rings. The van der Waals surface area contributed by atoms with Crippen LogP contribution in [0, 0.1) is 0 Å². The number of hydrogen-bond donors (Lipinski definition) is 2. The number of carbonyl (C=O) groups is 2. The number of carboxylic acids is 1. The Morgan fingerprint density at radius 2 is 2.14 bits per heavy atom. The number of nitrogens with one attached hydrogen (secondary N) is 1. The van der Waals surface area contributed by atoms with Crippen molar-refractivity contribution in [2.24, 2.45) is 7.05 Å². The zero-order valence-electron chi connectivity index (χ0n) is 12.3. The minimum atomic E-state index is -1.07. The maximum Gasteiger partial charge on any atom is 0.337 e. The highest BCUT2D eigenvalue weighted by Gasteiger charge is 2.21. The second kappa shape index (κ2) is 7.13. The van der Waals surface area contributed by atoms with E-state index < -0.39 is 5.97 Å². The van der Waals surface area contributed by atoms with Gasteiger partial charge in [-0.15, -0.1) is 0 Å². The highest BCUT2D eigenvalue weighted by Crippen LogP contribution is 2.25. The van der Waals surface area contributed by atoms with Gasteiger partial charge < -0.3 is 15.0 Å². The molecule has 1 atom stereocenters. The van der Waals surface area contributed by atoms with Gasteiger partial charge >= 0.3 is 5.97 Å². The molecule has 0 aliphatic carbocycles. The second-order valence-electron chi connectivity index (χ2n) is 4.68. The Balaban J connectivity index is 2.13. The number of imidazole rings is 1. The third-order valence-electron chi connectivity index (χ3n) is 3.10. The van der Waals surface area contributed by atoms with Crippen LogP contribution < -0.4 is 5.32 Å². The minimum Gasteiger partial charge on any atom is -0.478 e. The van der Waals surface area contributed by atoms with E-state index in [2.05, 4.69) is 10.3 Å². The monoisotopic (exact) mass is 319 g/mol. The summed E-state index contributed by atoms with van der Waals surface area (Å²) in [4.78, 5) is 27.8. The predicted octanol–water partition coefficient (Wildman–Crippen LogP) is 2.63. The van der Waals surface area contributed by atoms with Gasteiger partial charge in [-0.3, -0.25) is 4.79 Å². The number of aromatic carboxylic acids is 1. The van der Waals surface area contributed by atoms with Gasteiger partial charge in [-0.2, -0.15) is 0 Å². The quantitative estimate of drug-likeness (QED) is 0.800. The third-order valence-corrected chi connectivity index (χ3v) is 4.54. The molecule has 6 nitrogen and oxygen atoms in total. The van der Waals surface area contributed by atoms with E-state index in [9.17, 15) is 9.59 Å². The van der Waals surface area contributed by atoms with Crippen LogP contribution in [-0.2, 0) is 11.8 Å². The number of aromatic nitrogens is 2. The number of aryl methyl sites for hydroxylation is 1. The summed E-state index contributed by atoms with van der Waals surface area (Å²) in [6, 6.07) is 6.36. The van der Waals surface area contributed by atoms with Gasteiger partial charge in [0.05, 0.1) is 16.5 Å². The number of thioether (sulfide) groups is 1. The van der Waals surface area contributed by atoms with E-state index >= 15 is 0 Å². The Kier molecular flexibility index (Phi) is 5.21. The molecule has 0 aliphatic heterocycles. The van der Waals surface area contributed by atoms with Crippen molar-refractivity contribution in [2.45, 2.75) is 23.8 Å². The number of nitrogens with zero attached hydrogens (tertiary/aromatic N) is 2. The number of carboxylic acid groups (broad SMARTS) is 1. The molecule has 0 spiro atoms. The lowest BCUT2D eigenvalue weighted by Gasteiger charge is -2.15. The summed E-state index contributed by atoms with van der Waals surface area (Å²) in [6.45, 7) is 1.91. The Hall–Kier alpha value is -2.28. The number of carbonyl (C=O) groups excluding carboxylic acids is 1.